The zero-order valence-electron chi connectivity index (χ0n) is 22.8. The number of aryl methyl sites for hydroxylation is 1. The lowest BCUT2D eigenvalue weighted by Crippen LogP contribution is -2.32. The predicted octanol–water partition coefficient (Wildman–Crippen LogP) is 7.82. The second-order valence-corrected chi connectivity index (χ2v) is 11.0. The van der Waals surface area contributed by atoms with Crippen LogP contribution in [0.2, 0.25) is 5.02 Å². The Morgan fingerprint density at radius 3 is 2.38 bits per heavy atom. The molecule has 1 heterocycles. The molecule has 10 heteroatoms. The van der Waals surface area contributed by atoms with E-state index in [1.54, 1.807) is 82.1 Å². The summed E-state index contributed by atoms with van der Waals surface area (Å²) >= 11 is 6.39. The van der Waals surface area contributed by atoms with Crippen LogP contribution >= 0.6 is 11.6 Å². The van der Waals surface area contributed by atoms with Gasteiger partial charge in [-0.3, -0.25) is 9.69 Å². The average Bonchev–Trinajstić information content (AvgIpc) is 3.34. The maximum Gasteiger partial charge on any atom is 0.417 e. The number of hydrogen-bond donors (Lipinski definition) is 0. The smallest absolute Gasteiger partial charge is 0.417 e. The van der Waals surface area contributed by atoms with Crippen LogP contribution in [0.3, 0.4) is 0 Å². The molecule has 1 aromatic heterocycles. The van der Waals surface area contributed by atoms with Crippen molar-refractivity contribution in [2.24, 2.45) is 0 Å². The molecule has 4 rings (SSSR count). The molecule has 0 spiro atoms. The van der Waals surface area contributed by atoms with Gasteiger partial charge in [0.25, 0.3) is 5.89 Å². The van der Waals surface area contributed by atoms with Crippen molar-refractivity contribution in [3.05, 3.63) is 82.4 Å². The lowest BCUT2D eigenvalue weighted by atomic mass is 9.94. The molecule has 0 amide bonds. The van der Waals surface area contributed by atoms with Crippen LogP contribution in [0, 0.1) is 6.92 Å². The first-order valence-corrected chi connectivity index (χ1v) is 12.9. The summed E-state index contributed by atoms with van der Waals surface area (Å²) in [7, 11) is 1.76. The van der Waals surface area contributed by atoms with E-state index in [-0.39, 0.29) is 35.4 Å². The highest BCUT2D eigenvalue weighted by atomic mass is 35.5. The van der Waals surface area contributed by atoms with E-state index in [1.807, 2.05) is 0 Å². The molecule has 40 heavy (non-hydrogen) atoms. The number of carbonyl (C=O) groups excluding carboxylic acids is 1. The van der Waals surface area contributed by atoms with Crippen LogP contribution in [0.25, 0.3) is 34.0 Å². The van der Waals surface area contributed by atoms with Gasteiger partial charge < -0.3 is 9.26 Å². The second-order valence-electron chi connectivity index (χ2n) is 10.6. The van der Waals surface area contributed by atoms with Crippen molar-refractivity contribution in [1.29, 1.82) is 0 Å². The minimum Gasteiger partial charge on any atom is -0.459 e. The maximum atomic E-state index is 14.1. The van der Waals surface area contributed by atoms with Crippen LogP contribution in [0.15, 0.2) is 65.2 Å². The minimum absolute atomic E-state index is 0.0459. The Balaban J connectivity index is 1.59. The number of aromatic nitrogens is 2. The normalized spacial score (nSPS) is 12.2. The lowest BCUT2D eigenvalue weighted by Gasteiger charge is -2.22. The average molecular weight is 572 g/mol. The summed E-state index contributed by atoms with van der Waals surface area (Å²) in [5, 5.41) is 4.47. The Bertz CT molecular complexity index is 1530. The monoisotopic (exact) mass is 571 g/mol. The largest absolute Gasteiger partial charge is 0.459 e. The zero-order chi connectivity index (χ0) is 29.2. The molecule has 0 radical (unpaired) electrons. The Labute approximate surface area is 235 Å². The molecule has 0 unspecified atom stereocenters. The Morgan fingerprint density at radius 1 is 1.00 bits per heavy atom. The summed E-state index contributed by atoms with van der Waals surface area (Å²) in [6, 6.07) is 16.0. The third-order valence-corrected chi connectivity index (χ3v) is 6.37. The van der Waals surface area contributed by atoms with Gasteiger partial charge in [-0.05, 0) is 87.3 Å². The Morgan fingerprint density at radius 2 is 1.70 bits per heavy atom. The molecule has 0 N–H and O–H groups in total. The molecule has 6 nitrogen and oxygen atoms in total. The molecule has 0 saturated heterocycles. The van der Waals surface area contributed by atoms with Gasteiger partial charge in [-0.25, -0.2) is 0 Å². The molecular formula is C30H29ClF3N3O3. The lowest BCUT2D eigenvalue weighted by molar-refractivity contribution is -0.155. The third-order valence-electron chi connectivity index (χ3n) is 6.00. The molecule has 0 saturated carbocycles. The number of esters is 1. The minimum atomic E-state index is -4.59. The number of rotatable bonds is 7. The number of carbonyl (C=O) groups is 1. The number of nitrogens with zero attached hydrogens (tertiary/aromatic N) is 3. The molecule has 0 aliphatic rings. The van der Waals surface area contributed by atoms with Crippen LogP contribution in [-0.4, -0.2) is 40.2 Å². The van der Waals surface area contributed by atoms with Gasteiger partial charge in [0.05, 0.1) is 12.1 Å². The van der Waals surface area contributed by atoms with Crippen molar-refractivity contribution < 1.29 is 27.2 Å². The highest BCUT2D eigenvalue weighted by Gasteiger charge is 2.35. The summed E-state index contributed by atoms with van der Waals surface area (Å²) < 4.78 is 52.9. The van der Waals surface area contributed by atoms with Gasteiger partial charge in [-0.2, -0.15) is 18.2 Å². The first-order valence-electron chi connectivity index (χ1n) is 12.5. The van der Waals surface area contributed by atoms with E-state index < -0.39 is 17.3 Å². The van der Waals surface area contributed by atoms with Gasteiger partial charge in [0.15, 0.2) is 0 Å². The molecule has 0 bridgehead atoms. The highest BCUT2D eigenvalue weighted by Crippen LogP contribution is 2.40. The fourth-order valence-corrected chi connectivity index (χ4v) is 4.43. The molecule has 0 atom stereocenters. The van der Waals surface area contributed by atoms with E-state index in [1.165, 1.54) is 12.1 Å². The first-order chi connectivity index (χ1) is 18.7. The van der Waals surface area contributed by atoms with Gasteiger partial charge >= 0.3 is 12.1 Å². The summed E-state index contributed by atoms with van der Waals surface area (Å²) in [6.45, 7) is 7.56. The van der Waals surface area contributed by atoms with Gasteiger partial charge in [-0.1, -0.05) is 47.1 Å². The molecule has 210 valence electrons. The summed E-state index contributed by atoms with van der Waals surface area (Å²) in [5.41, 5.74) is 1.34. The van der Waals surface area contributed by atoms with E-state index in [9.17, 15) is 18.0 Å². The fourth-order valence-electron chi connectivity index (χ4n) is 4.26. The third kappa shape index (κ3) is 7.08. The van der Waals surface area contributed by atoms with E-state index in [4.69, 9.17) is 20.9 Å². The van der Waals surface area contributed by atoms with Crippen LogP contribution < -0.4 is 0 Å². The maximum absolute atomic E-state index is 14.1. The van der Waals surface area contributed by atoms with Gasteiger partial charge in [0.1, 0.15) is 5.60 Å². The van der Waals surface area contributed by atoms with Crippen LogP contribution in [-0.2, 0) is 22.3 Å². The van der Waals surface area contributed by atoms with Crippen molar-refractivity contribution in [2.75, 3.05) is 13.6 Å². The molecule has 0 aliphatic heterocycles. The fraction of sp³-hybridized carbons (Fsp3) is 0.300. The zero-order valence-corrected chi connectivity index (χ0v) is 23.5. The molecule has 0 fully saturated rings. The van der Waals surface area contributed by atoms with E-state index in [0.29, 0.717) is 28.3 Å². The van der Waals surface area contributed by atoms with Crippen molar-refractivity contribution >= 4 is 17.6 Å². The van der Waals surface area contributed by atoms with Gasteiger partial charge in [0.2, 0.25) is 5.82 Å². The van der Waals surface area contributed by atoms with E-state index in [0.717, 1.165) is 11.6 Å². The van der Waals surface area contributed by atoms with Gasteiger partial charge in [-0.15, -0.1) is 0 Å². The Kier molecular flexibility index (Phi) is 8.37. The number of alkyl halides is 3. The summed E-state index contributed by atoms with van der Waals surface area (Å²) in [4.78, 5) is 18.3. The topological polar surface area (TPSA) is 68.5 Å². The van der Waals surface area contributed by atoms with Gasteiger partial charge in [0, 0.05) is 22.7 Å². The van der Waals surface area contributed by atoms with Crippen LogP contribution in [0.4, 0.5) is 13.2 Å². The summed E-state index contributed by atoms with van der Waals surface area (Å²) in [5.74, 6) is -0.216. The predicted molar refractivity (Wildman–Crippen MR) is 148 cm³/mol. The molecule has 4 aromatic rings. The van der Waals surface area contributed by atoms with Crippen molar-refractivity contribution in [2.45, 2.75) is 46.0 Å². The number of hydrogen-bond acceptors (Lipinski definition) is 6. The van der Waals surface area contributed by atoms with Crippen LogP contribution in [0.1, 0.15) is 37.5 Å². The standard InChI is InChI=1S/C30H29ClF3N3O3/c1-18-8-6-7-9-22(18)23-12-10-20(15-24(23)30(32,33)34)28-35-27(36-40-28)19-11-13-25(31)21(14-19)16-37(5)17-26(38)39-29(2,3)4/h6-15H,16-17H2,1-5H3. The number of benzene rings is 3. The van der Waals surface area contributed by atoms with Crippen molar-refractivity contribution in [3.63, 3.8) is 0 Å². The van der Waals surface area contributed by atoms with E-state index in [2.05, 4.69) is 10.1 Å². The number of halogens is 4. The molecule has 0 aliphatic carbocycles. The first kappa shape index (κ1) is 29.3. The summed E-state index contributed by atoms with van der Waals surface area (Å²) in [6.07, 6.45) is -4.59. The van der Waals surface area contributed by atoms with Crippen LogP contribution in [0.5, 0.6) is 0 Å². The van der Waals surface area contributed by atoms with Crippen molar-refractivity contribution in [1.82, 2.24) is 15.0 Å². The van der Waals surface area contributed by atoms with Crippen molar-refractivity contribution in [3.8, 4) is 34.0 Å². The number of ether oxygens (including phenoxy) is 1. The second kappa shape index (κ2) is 11.4. The van der Waals surface area contributed by atoms with E-state index >= 15 is 0 Å². The SMILES string of the molecule is Cc1ccccc1-c1ccc(-c2nc(-c3ccc(Cl)c(CN(C)CC(=O)OC(C)(C)C)c3)no2)cc1C(F)(F)F. The Hall–Kier alpha value is -3.69. The molecular weight excluding hydrogens is 543 g/mol. The highest BCUT2D eigenvalue weighted by molar-refractivity contribution is 6.31. The quantitative estimate of drug-likeness (QED) is 0.211. The number of likely N-dealkylation sites (N-methyl/N-ethyl adjacent to an activating group) is 1. The molecule has 3 aromatic carbocycles.